The first kappa shape index (κ1) is 20.7. The molecule has 1 unspecified atom stereocenters. The summed E-state index contributed by atoms with van der Waals surface area (Å²) in [6.07, 6.45) is 5.21. The zero-order valence-corrected chi connectivity index (χ0v) is 18.1. The summed E-state index contributed by atoms with van der Waals surface area (Å²) in [7, 11) is 0. The number of aromatic nitrogens is 3. The van der Waals surface area contributed by atoms with Gasteiger partial charge in [-0.25, -0.2) is 4.98 Å². The molecular weight excluding hydrogens is 408 g/mol. The highest BCUT2D eigenvalue weighted by Crippen LogP contribution is 2.25. The summed E-state index contributed by atoms with van der Waals surface area (Å²) in [5.74, 6) is 0.548. The molecule has 1 atom stereocenters. The fourth-order valence-electron chi connectivity index (χ4n) is 2.98. The number of carbonyl (C=O) groups is 1. The molecule has 1 amide bonds. The van der Waals surface area contributed by atoms with Crippen molar-refractivity contribution in [1.82, 2.24) is 20.3 Å². The van der Waals surface area contributed by atoms with Gasteiger partial charge in [-0.15, -0.1) is 11.3 Å². The summed E-state index contributed by atoms with van der Waals surface area (Å²) in [6, 6.07) is 14.8. The molecule has 0 aliphatic carbocycles. The molecule has 0 saturated heterocycles. The van der Waals surface area contributed by atoms with Gasteiger partial charge in [0.05, 0.1) is 17.9 Å². The average Bonchev–Trinajstić information content (AvgIpc) is 3.30. The third-order valence-corrected chi connectivity index (χ3v) is 5.70. The number of aryl methyl sites for hydroxylation is 1. The van der Waals surface area contributed by atoms with Crippen LogP contribution in [0.15, 0.2) is 72.5 Å². The zero-order valence-electron chi connectivity index (χ0n) is 17.3. The Morgan fingerprint density at radius 2 is 2.06 bits per heavy atom. The third kappa shape index (κ3) is 5.32. The molecule has 6 nitrogen and oxygen atoms in total. The van der Waals surface area contributed by atoms with Crippen LogP contribution >= 0.6 is 11.3 Å². The van der Waals surface area contributed by atoms with Gasteiger partial charge in [0.1, 0.15) is 17.4 Å². The van der Waals surface area contributed by atoms with Gasteiger partial charge in [-0.3, -0.25) is 14.8 Å². The van der Waals surface area contributed by atoms with Crippen LogP contribution in [0.25, 0.3) is 11.3 Å². The molecular formula is C24H22N4O2S. The van der Waals surface area contributed by atoms with E-state index in [0.717, 1.165) is 27.5 Å². The van der Waals surface area contributed by atoms with Gasteiger partial charge in [0.2, 0.25) is 0 Å². The van der Waals surface area contributed by atoms with Gasteiger partial charge in [0.15, 0.2) is 0 Å². The van der Waals surface area contributed by atoms with Crippen molar-refractivity contribution in [2.24, 2.45) is 0 Å². The van der Waals surface area contributed by atoms with Crippen LogP contribution in [0.1, 0.15) is 39.6 Å². The molecule has 4 rings (SSSR count). The number of pyridine rings is 2. The van der Waals surface area contributed by atoms with E-state index in [0.29, 0.717) is 17.9 Å². The van der Waals surface area contributed by atoms with Crippen molar-refractivity contribution < 1.29 is 9.53 Å². The number of rotatable bonds is 7. The smallest absolute Gasteiger partial charge is 0.251 e. The molecule has 31 heavy (non-hydrogen) atoms. The van der Waals surface area contributed by atoms with Crippen molar-refractivity contribution in [2.75, 3.05) is 0 Å². The predicted octanol–water partition coefficient (Wildman–Crippen LogP) is 4.98. The summed E-state index contributed by atoms with van der Waals surface area (Å²) in [6.45, 7) is 4.22. The Hall–Kier alpha value is -3.58. The monoisotopic (exact) mass is 430 g/mol. The van der Waals surface area contributed by atoms with E-state index < -0.39 is 0 Å². The van der Waals surface area contributed by atoms with E-state index in [1.807, 2.05) is 61.7 Å². The standard InChI is InChI=1S/C24H22N4O2S/c1-16-8-9-21(13-26-16)30-14-18-5-3-6-19(11-18)23(29)27-17(2)24-28-22(15-31-24)20-7-4-10-25-12-20/h3-13,15,17H,14H2,1-2H3,(H,27,29). The number of nitrogens with zero attached hydrogens (tertiary/aromatic N) is 3. The largest absolute Gasteiger partial charge is 0.487 e. The van der Waals surface area contributed by atoms with Crippen molar-refractivity contribution in [3.05, 3.63) is 94.3 Å². The number of benzene rings is 1. The Morgan fingerprint density at radius 3 is 2.84 bits per heavy atom. The maximum Gasteiger partial charge on any atom is 0.251 e. The first-order chi connectivity index (χ1) is 15.1. The minimum atomic E-state index is -0.207. The lowest BCUT2D eigenvalue weighted by Crippen LogP contribution is -2.26. The lowest BCUT2D eigenvalue weighted by molar-refractivity contribution is 0.0939. The second kappa shape index (κ2) is 9.49. The molecule has 1 N–H and O–H groups in total. The van der Waals surface area contributed by atoms with Crippen LogP contribution in [0.4, 0.5) is 0 Å². The summed E-state index contributed by atoms with van der Waals surface area (Å²) in [4.78, 5) is 25.8. The van der Waals surface area contributed by atoms with Gasteiger partial charge in [-0.2, -0.15) is 0 Å². The Labute approximate surface area is 185 Å². The van der Waals surface area contributed by atoms with Crippen molar-refractivity contribution in [1.29, 1.82) is 0 Å². The van der Waals surface area contributed by atoms with Crippen LogP contribution in [-0.2, 0) is 6.61 Å². The lowest BCUT2D eigenvalue weighted by Gasteiger charge is -2.12. The molecule has 156 valence electrons. The first-order valence-electron chi connectivity index (χ1n) is 9.89. The van der Waals surface area contributed by atoms with Crippen molar-refractivity contribution in [3.63, 3.8) is 0 Å². The second-order valence-corrected chi connectivity index (χ2v) is 8.02. The molecule has 0 bridgehead atoms. The number of amides is 1. The van der Waals surface area contributed by atoms with Crippen LogP contribution in [0.2, 0.25) is 0 Å². The number of nitrogens with one attached hydrogen (secondary N) is 1. The van der Waals surface area contributed by atoms with E-state index in [4.69, 9.17) is 4.74 Å². The number of ether oxygens (including phenoxy) is 1. The van der Waals surface area contributed by atoms with Gasteiger partial charge in [0, 0.05) is 34.6 Å². The highest BCUT2D eigenvalue weighted by Gasteiger charge is 2.15. The van der Waals surface area contributed by atoms with Gasteiger partial charge < -0.3 is 10.1 Å². The van der Waals surface area contributed by atoms with E-state index in [1.165, 1.54) is 11.3 Å². The number of thiazole rings is 1. The summed E-state index contributed by atoms with van der Waals surface area (Å²) in [5, 5.41) is 5.85. The van der Waals surface area contributed by atoms with Gasteiger partial charge in [0.25, 0.3) is 5.91 Å². The third-order valence-electron chi connectivity index (χ3n) is 4.68. The highest BCUT2D eigenvalue weighted by molar-refractivity contribution is 7.10. The molecule has 0 aliphatic heterocycles. The SMILES string of the molecule is Cc1ccc(OCc2cccc(C(=O)NC(C)c3nc(-c4cccnc4)cs3)c2)cn1. The van der Waals surface area contributed by atoms with Gasteiger partial charge in [-0.05, 0) is 55.8 Å². The Kier molecular flexibility index (Phi) is 6.33. The minimum Gasteiger partial charge on any atom is -0.487 e. The molecule has 0 spiro atoms. The highest BCUT2D eigenvalue weighted by atomic mass is 32.1. The molecule has 0 aliphatic rings. The number of hydrogen-bond acceptors (Lipinski definition) is 6. The van der Waals surface area contributed by atoms with Gasteiger partial charge >= 0.3 is 0 Å². The summed E-state index contributed by atoms with van der Waals surface area (Å²) in [5.41, 5.74) is 4.25. The van der Waals surface area contributed by atoms with Gasteiger partial charge in [-0.1, -0.05) is 12.1 Å². The van der Waals surface area contributed by atoms with Crippen molar-refractivity contribution in [3.8, 4) is 17.0 Å². The van der Waals surface area contributed by atoms with E-state index in [2.05, 4.69) is 20.3 Å². The maximum atomic E-state index is 12.8. The van der Waals surface area contributed by atoms with E-state index in [9.17, 15) is 4.79 Å². The number of hydrogen-bond donors (Lipinski definition) is 1. The quantitative estimate of drug-likeness (QED) is 0.447. The average molecular weight is 431 g/mol. The molecule has 1 aromatic carbocycles. The van der Waals surface area contributed by atoms with Crippen molar-refractivity contribution >= 4 is 17.2 Å². The molecule has 3 aromatic heterocycles. The van der Waals surface area contributed by atoms with Crippen LogP contribution in [0, 0.1) is 6.92 Å². The zero-order chi connectivity index (χ0) is 21.6. The summed E-state index contributed by atoms with van der Waals surface area (Å²) >= 11 is 1.52. The molecule has 0 fully saturated rings. The Balaban J connectivity index is 1.38. The topological polar surface area (TPSA) is 77.0 Å². The summed E-state index contributed by atoms with van der Waals surface area (Å²) < 4.78 is 5.77. The minimum absolute atomic E-state index is 0.149. The molecule has 7 heteroatoms. The Morgan fingerprint density at radius 1 is 1.16 bits per heavy atom. The normalized spacial score (nSPS) is 11.7. The fraction of sp³-hybridized carbons (Fsp3) is 0.167. The Bertz CT molecular complexity index is 1160. The fourth-order valence-corrected chi connectivity index (χ4v) is 3.82. The van der Waals surface area contributed by atoms with Crippen LogP contribution < -0.4 is 10.1 Å². The van der Waals surface area contributed by atoms with Crippen LogP contribution in [-0.4, -0.2) is 20.9 Å². The molecule has 0 saturated carbocycles. The van der Waals surface area contributed by atoms with E-state index in [-0.39, 0.29) is 11.9 Å². The maximum absolute atomic E-state index is 12.8. The predicted molar refractivity (Wildman–Crippen MR) is 121 cm³/mol. The molecule has 3 heterocycles. The number of carbonyl (C=O) groups excluding carboxylic acids is 1. The molecule has 0 radical (unpaired) electrons. The van der Waals surface area contributed by atoms with E-state index >= 15 is 0 Å². The molecule has 4 aromatic rings. The van der Waals surface area contributed by atoms with E-state index in [1.54, 1.807) is 24.7 Å². The van der Waals surface area contributed by atoms with Crippen molar-refractivity contribution in [2.45, 2.75) is 26.5 Å². The second-order valence-electron chi connectivity index (χ2n) is 7.13. The first-order valence-corrected chi connectivity index (χ1v) is 10.8. The van der Waals surface area contributed by atoms with Crippen LogP contribution in [0.5, 0.6) is 5.75 Å². The lowest BCUT2D eigenvalue weighted by atomic mass is 10.1. The van der Waals surface area contributed by atoms with Crippen LogP contribution in [0.3, 0.4) is 0 Å².